The van der Waals surface area contributed by atoms with Crippen LogP contribution in [0.2, 0.25) is 0 Å². The van der Waals surface area contributed by atoms with Crippen LogP contribution in [-0.4, -0.2) is 13.7 Å². The molecule has 0 aliphatic heterocycles. The second-order valence-corrected chi connectivity index (χ2v) is 6.47. The maximum absolute atomic E-state index is 5.74. The fraction of sp³-hybridized carbons (Fsp3) is 0.412. The molecular weight excluding hydrogens is 266 g/mol. The molecule has 0 spiro atoms. The summed E-state index contributed by atoms with van der Waals surface area (Å²) >= 11 is 1.85. The molecule has 108 valence electrons. The van der Waals surface area contributed by atoms with Gasteiger partial charge in [0.15, 0.2) is 0 Å². The van der Waals surface area contributed by atoms with Crippen molar-refractivity contribution in [3.05, 3.63) is 51.2 Å². The third-order valence-corrected chi connectivity index (χ3v) is 4.33. The lowest BCUT2D eigenvalue weighted by Crippen LogP contribution is -2.17. The van der Waals surface area contributed by atoms with E-state index in [-0.39, 0.29) is 6.04 Å². The number of aryl methyl sites for hydroxylation is 2. The smallest absolute Gasteiger partial charge is 0.119 e. The summed E-state index contributed by atoms with van der Waals surface area (Å²) in [6, 6.07) is 10.9. The highest BCUT2D eigenvalue weighted by Gasteiger charge is 2.16. The van der Waals surface area contributed by atoms with Crippen molar-refractivity contribution in [1.82, 2.24) is 5.32 Å². The predicted molar refractivity (Wildman–Crippen MR) is 86.9 cm³/mol. The van der Waals surface area contributed by atoms with Gasteiger partial charge in [-0.2, -0.15) is 0 Å². The summed E-state index contributed by atoms with van der Waals surface area (Å²) in [6.07, 6.45) is 1.03. The number of thiophene rings is 1. The normalized spacial score (nSPS) is 12.4. The van der Waals surface area contributed by atoms with E-state index in [9.17, 15) is 0 Å². The average molecular weight is 289 g/mol. The lowest BCUT2D eigenvalue weighted by Gasteiger charge is -2.18. The standard InChI is InChI=1S/C17H23NOS/c1-5-9-19-15-8-6-7-14(11-15)17(18-4)16-10-12(2)20-13(16)3/h6-8,10-11,17-18H,5,9H2,1-4H3. The molecule has 2 aromatic rings. The Morgan fingerprint density at radius 2 is 2.05 bits per heavy atom. The Hall–Kier alpha value is -1.32. The molecule has 0 saturated heterocycles. The zero-order valence-corrected chi connectivity index (χ0v) is 13.5. The summed E-state index contributed by atoms with van der Waals surface area (Å²) in [5.74, 6) is 0.953. The van der Waals surface area contributed by atoms with Crippen molar-refractivity contribution in [2.75, 3.05) is 13.7 Å². The first kappa shape index (κ1) is 15.1. The van der Waals surface area contributed by atoms with Gasteiger partial charge in [0.2, 0.25) is 0 Å². The van der Waals surface area contributed by atoms with Crippen LogP contribution < -0.4 is 10.1 Å². The second kappa shape index (κ2) is 6.91. The van der Waals surface area contributed by atoms with Gasteiger partial charge in [0.05, 0.1) is 12.6 Å². The van der Waals surface area contributed by atoms with E-state index >= 15 is 0 Å². The molecule has 1 N–H and O–H groups in total. The zero-order chi connectivity index (χ0) is 14.5. The Morgan fingerprint density at radius 1 is 1.25 bits per heavy atom. The monoisotopic (exact) mass is 289 g/mol. The minimum absolute atomic E-state index is 0.227. The van der Waals surface area contributed by atoms with Crippen LogP contribution in [0.1, 0.15) is 40.3 Å². The minimum atomic E-state index is 0.227. The quantitative estimate of drug-likeness (QED) is 0.847. The predicted octanol–water partition coefficient (Wildman–Crippen LogP) is 4.46. The molecule has 0 amide bonds. The largest absolute Gasteiger partial charge is 0.494 e. The van der Waals surface area contributed by atoms with Crippen molar-refractivity contribution in [2.24, 2.45) is 0 Å². The summed E-state index contributed by atoms with van der Waals surface area (Å²) in [5.41, 5.74) is 2.62. The molecule has 1 aromatic heterocycles. The van der Waals surface area contributed by atoms with Crippen LogP contribution in [0.15, 0.2) is 30.3 Å². The van der Waals surface area contributed by atoms with Crippen molar-refractivity contribution in [2.45, 2.75) is 33.2 Å². The molecule has 0 aliphatic carbocycles. The number of hydrogen-bond donors (Lipinski definition) is 1. The molecule has 3 heteroatoms. The van der Waals surface area contributed by atoms with E-state index in [0.29, 0.717) is 0 Å². The van der Waals surface area contributed by atoms with Crippen LogP contribution >= 0.6 is 11.3 Å². The molecule has 0 radical (unpaired) electrons. The summed E-state index contributed by atoms with van der Waals surface area (Å²) in [7, 11) is 2.01. The molecule has 2 rings (SSSR count). The number of ether oxygens (including phenoxy) is 1. The summed E-state index contributed by atoms with van der Waals surface area (Å²) < 4.78 is 5.74. The van der Waals surface area contributed by atoms with Gasteiger partial charge in [-0.05, 0) is 56.6 Å². The van der Waals surface area contributed by atoms with E-state index in [2.05, 4.69) is 50.4 Å². The lowest BCUT2D eigenvalue weighted by atomic mass is 9.99. The van der Waals surface area contributed by atoms with E-state index in [0.717, 1.165) is 18.8 Å². The van der Waals surface area contributed by atoms with Crippen LogP contribution in [0.25, 0.3) is 0 Å². The fourth-order valence-corrected chi connectivity index (χ4v) is 3.41. The third-order valence-electron chi connectivity index (χ3n) is 3.34. The Balaban J connectivity index is 2.29. The summed E-state index contributed by atoms with van der Waals surface area (Å²) in [6.45, 7) is 7.24. The van der Waals surface area contributed by atoms with E-state index in [4.69, 9.17) is 4.74 Å². The maximum Gasteiger partial charge on any atom is 0.119 e. The molecule has 0 aliphatic rings. The first-order valence-electron chi connectivity index (χ1n) is 7.12. The van der Waals surface area contributed by atoms with Gasteiger partial charge in [0, 0.05) is 9.75 Å². The van der Waals surface area contributed by atoms with E-state index in [1.807, 2.05) is 24.5 Å². The van der Waals surface area contributed by atoms with Gasteiger partial charge in [-0.15, -0.1) is 11.3 Å². The van der Waals surface area contributed by atoms with Crippen molar-refractivity contribution in [1.29, 1.82) is 0 Å². The minimum Gasteiger partial charge on any atom is -0.494 e. The van der Waals surface area contributed by atoms with E-state index < -0.39 is 0 Å². The van der Waals surface area contributed by atoms with Crippen LogP contribution in [0.4, 0.5) is 0 Å². The van der Waals surface area contributed by atoms with Gasteiger partial charge in [0.25, 0.3) is 0 Å². The number of nitrogens with one attached hydrogen (secondary N) is 1. The zero-order valence-electron chi connectivity index (χ0n) is 12.7. The van der Waals surface area contributed by atoms with Crippen LogP contribution in [0.5, 0.6) is 5.75 Å². The molecule has 0 saturated carbocycles. The van der Waals surface area contributed by atoms with Gasteiger partial charge in [-0.1, -0.05) is 19.1 Å². The molecular formula is C17H23NOS. The molecule has 1 unspecified atom stereocenters. The molecule has 0 fully saturated rings. The number of rotatable bonds is 6. The summed E-state index contributed by atoms with van der Waals surface area (Å²) in [5, 5.41) is 3.42. The van der Waals surface area contributed by atoms with Crippen molar-refractivity contribution in [3.8, 4) is 5.75 Å². The molecule has 1 aromatic carbocycles. The number of hydrogen-bond acceptors (Lipinski definition) is 3. The highest BCUT2D eigenvalue weighted by molar-refractivity contribution is 7.12. The van der Waals surface area contributed by atoms with Gasteiger partial charge in [0.1, 0.15) is 5.75 Å². The SMILES string of the molecule is CCCOc1cccc(C(NC)c2cc(C)sc2C)c1. The molecule has 20 heavy (non-hydrogen) atoms. The topological polar surface area (TPSA) is 21.3 Å². The van der Waals surface area contributed by atoms with Crippen molar-refractivity contribution >= 4 is 11.3 Å². The van der Waals surface area contributed by atoms with Gasteiger partial charge in [-0.25, -0.2) is 0 Å². The highest BCUT2D eigenvalue weighted by Crippen LogP contribution is 2.31. The van der Waals surface area contributed by atoms with E-state index in [1.165, 1.54) is 20.9 Å². The first-order valence-corrected chi connectivity index (χ1v) is 7.94. The number of benzene rings is 1. The van der Waals surface area contributed by atoms with Crippen LogP contribution in [-0.2, 0) is 0 Å². The van der Waals surface area contributed by atoms with Crippen molar-refractivity contribution in [3.63, 3.8) is 0 Å². The van der Waals surface area contributed by atoms with E-state index in [1.54, 1.807) is 0 Å². The highest BCUT2D eigenvalue weighted by atomic mass is 32.1. The van der Waals surface area contributed by atoms with Crippen LogP contribution in [0.3, 0.4) is 0 Å². The molecule has 0 bridgehead atoms. The summed E-state index contributed by atoms with van der Waals surface area (Å²) in [4.78, 5) is 2.73. The van der Waals surface area contributed by atoms with Crippen LogP contribution in [0, 0.1) is 13.8 Å². The lowest BCUT2D eigenvalue weighted by molar-refractivity contribution is 0.317. The van der Waals surface area contributed by atoms with Gasteiger partial charge < -0.3 is 10.1 Å². The molecule has 1 heterocycles. The average Bonchev–Trinajstić information content (AvgIpc) is 2.77. The Kier molecular flexibility index (Phi) is 5.21. The Morgan fingerprint density at radius 3 is 2.65 bits per heavy atom. The second-order valence-electron chi connectivity index (χ2n) is 5.01. The van der Waals surface area contributed by atoms with Gasteiger partial charge in [-0.3, -0.25) is 0 Å². The fourth-order valence-electron chi connectivity index (χ4n) is 2.44. The Bertz CT molecular complexity index is 562. The maximum atomic E-state index is 5.74. The third kappa shape index (κ3) is 3.41. The Labute approximate surface area is 125 Å². The first-order chi connectivity index (χ1) is 9.65. The molecule has 2 nitrogen and oxygen atoms in total. The van der Waals surface area contributed by atoms with Gasteiger partial charge >= 0.3 is 0 Å². The molecule has 1 atom stereocenters. The van der Waals surface area contributed by atoms with Crippen molar-refractivity contribution < 1.29 is 4.74 Å².